The summed E-state index contributed by atoms with van der Waals surface area (Å²) in [6.45, 7) is 0. The maximum atomic E-state index is 12.1. The molecule has 0 spiro atoms. The maximum absolute atomic E-state index is 12.1. The summed E-state index contributed by atoms with van der Waals surface area (Å²) in [6, 6.07) is 4.03. The number of amides is 1. The summed E-state index contributed by atoms with van der Waals surface area (Å²) in [5.41, 5.74) is -0.0956. The molecule has 0 aliphatic heterocycles. The molecule has 1 N–H and O–H groups in total. The van der Waals surface area contributed by atoms with Crippen LogP contribution >= 0.6 is 11.3 Å². The Kier molecular flexibility index (Phi) is 3.72. The van der Waals surface area contributed by atoms with Crippen LogP contribution in [0.5, 0.6) is 5.75 Å². The van der Waals surface area contributed by atoms with Crippen molar-refractivity contribution in [3.63, 3.8) is 0 Å². The van der Waals surface area contributed by atoms with Crippen molar-refractivity contribution in [3.8, 4) is 5.75 Å². The lowest BCUT2D eigenvalue weighted by atomic mass is 10.2. The third kappa shape index (κ3) is 2.89. The van der Waals surface area contributed by atoms with Gasteiger partial charge in [0.05, 0.1) is 12.0 Å². The number of nitrogens with one attached hydrogen (secondary N) is 1. The largest absolute Gasteiger partial charge is 0.490 e. The van der Waals surface area contributed by atoms with Gasteiger partial charge in [0.2, 0.25) is 5.13 Å². The third-order valence-corrected chi connectivity index (χ3v) is 4.23. The minimum atomic E-state index is -0.592. The quantitative estimate of drug-likeness (QED) is 0.670. The Morgan fingerprint density at radius 3 is 2.86 bits per heavy atom. The van der Waals surface area contributed by atoms with Crippen LogP contribution in [0.25, 0.3) is 0 Å². The number of carbonyl (C=O) groups excluding carboxylic acids is 1. The second-order valence-electron chi connectivity index (χ2n) is 4.82. The first-order valence-corrected chi connectivity index (χ1v) is 7.37. The molecule has 22 heavy (non-hydrogen) atoms. The van der Waals surface area contributed by atoms with Crippen LogP contribution in [0, 0.1) is 10.1 Å². The number of hydrogen-bond acceptors (Lipinski definition) is 7. The fraction of sp³-hybridized carbons (Fsp3) is 0.308. The van der Waals surface area contributed by atoms with E-state index in [2.05, 4.69) is 15.5 Å². The molecule has 8 nitrogen and oxygen atoms in total. The van der Waals surface area contributed by atoms with Crippen LogP contribution in [0.4, 0.5) is 10.8 Å². The highest BCUT2D eigenvalue weighted by Gasteiger charge is 2.28. The van der Waals surface area contributed by atoms with Crippen LogP contribution in [0.3, 0.4) is 0 Å². The molecule has 0 unspecified atom stereocenters. The standard InChI is InChI=1S/C13H12N4O4S/c1-21-10-5-4-8(6-9(10)17(19)20)11(18)14-13-16-15-12(22-13)7-2-3-7/h4-7H,2-3H2,1H3,(H,14,16,18). The van der Waals surface area contributed by atoms with Crippen molar-refractivity contribution in [1.29, 1.82) is 0 Å². The number of nitrogens with zero attached hydrogens (tertiary/aromatic N) is 3. The van der Waals surface area contributed by atoms with Gasteiger partial charge in [0.1, 0.15) is 5.01 Å². The summed E-state index contributed by atoms with van der Waals surface area (Å²) < 4.78 is 4.90. The molecular formula is C13H12N4O4S. The molecule has 2 aromatic rings. The molecule has 1 heterocycles. The van der Waals surface area contributed by atoms with E-state index in [-0.39, 0.29) is 17.0 Å². The van der Waals surface area contributed by atoms with E-state index in [0.29, 0.717) is 11.0 Å². The van der Waals surface area contributed by atoms with E-state index in [1.807, 2.05) is 0 Å². The number of benzene rings is 1. The van der Waals surface area contributed by atoms with Crippen LogP contribution in [-0.2, 0) is 0 Å². The molecule has 0 bridgehead atoms. The Balaban J connectivity index is 1.78. The van der Waals surface area contributed by atoms with E-state index in [1.54, 1.807) is 0 Å². The van der Waals surface area contributed by atoms with Gasteiger partial charge >= 0.3 is 5.69 Å². The lowest BCUT2D eigenvalue weighted by molar-refractivity contribution is -0.385. The van der Waals surface area contributed by atoms with Gasteiger partial charge in [-0.15, -0.1) is 10.2 Å². The summed E-state index contributed by atoms with van der Waals surface area (Å²) in [7, 11) is 1.34. The van der Waals surface area contributed by atoms with Gasteiger partial charge in [-0.05, 0) is 25.0 Å². The van der Waals surface area contributed by atoms with E-state index in [1.165, 1.54) is 36.6 Å². The highest BCUT2D eigenvalue weighted by atomic mass is 32.1. The fourth-order valence-corrected chi connectivity index (χ4v) is 2.83. The highest BCUT2D eigenvalue weighted by molar-refractivity contribution is 7.15. The Morgan fingerprint density at radius 2 is 2.23 bits per heavy atom. The van der Waals surface area contributed by atoms with E-state index < -0.39 is 10.8 Å². The first-order chi connectivity index (χ1) is 10.6. The van der Waals surface area contributed by atoms with Gasteiger partial charge in [-0.25, -0.2) is 0 Å². The predicted molar refractivity (Wildman–Crippen MR) is 79.5 cm³/mol. The molecule has 1 aliphatic rings. The first kappa shape index (κ1) is 14.4. The van der Waals surface area contributed by atoms with E-state index >= 15 is 0 Å². The SMILES string of the molecule is COc1ccc(C(=O)Nc2nnc(C3CC3)s2)cc1[N+](=O)[O-]. The number of nitro benzene ring substituents is 1. The average Bonchev–Trinajstić information content (AvgIpc) is 3.26. The monoisotopic (exact) mass is 320 g/mol. The Hall–Kier alpha value is -2.55. The molecule has 1 fully saturated rings. The summed E-state index contributed by atoms with van der Waals surface area (Å²) in [4.78, 5) is 22.5. The highest BCUT2D eigenvalue weighted by Crippen LogP contribution is 2.42. The number of methoxy groups -OCH3 is 1. The van der Waals surface area contributed by atoms with Crippen molar-refractivity contribution in [2.75, 3.05) is 12.4 Å². The fourth-order valence-electron chi connectivity index (χ4n) is 1.92. The molecule has 1 saturated carbocycles. The second-order valence-corrected chi connectivity index (χ2v) is 5.83. The smallest absolute Gasteiger partial charge is 0.311 e. The number of hydrogen-bond donors (Lipinski definition) is 1. The number of rotatable bonds is 5. The molecule has 0 atom stereocenters. The van der Waals surface area contributed by atoms with Gasteiger partial charge in [0.15, 0.2) is 5.75 Å². The predicted octanol–water partition coefficient (Wildman–Crippen LogP) is 2.58. The van der Waals surface area contributed by atoms with Crippen molar-refractivity contribution in [2.45, 2.75) is 18.8 Å². The Bertz CT molecular complexity index is 741. The van der Waals surface area contributed by atoms with Gasteiger partial charge in [0.25, 0.3) is 5.91 Å². The maximum Gasteiger partial charge on any atom is 0.311 e. The number of nitro groups is 1. The van der Waals surface area contributed by atoms with Crippen molar-refractivity contribution in [3.05, 3.63) is 38.9 Å². The van der Waals surface area contributed by atoms with Gasteiger partial charge in [-0.1, -0.05) is 11.3 Å². The zero-order valence-corrected chi connectivity index (χ0v) is 12.4. The van der Waals surface area contributed by atoms with E-state index in [9.17, 15) is 14.9 Å². The molecule has 0 saturated heterocycles. The van der Waals surface area contributed by atoms with Gasteiger partial charge in [-0.3, -0.25) is 20.2 Å². The Labute approximate surface area is 129 Å². The molecule has 1 aromatic carbocycles. The van der Waals surface area contributed by atoms with E-state index in [0.717, 1.165) is 17.8 Å². The van der Waals surface area contributed by atoms with Gasteiger partial charge in [-0.2, -0.15) is 0 Å². The van der Waals surface area contributed by atoms with Crippen LogP contribution in [0.1, 0.15) is 34.1 Å². The molecular weight excluding hydrogens is 308 g/mol. The molecule has 114 valence electrons. The minimum absolute atomic E-state index is 0.105. The second kappa shape index (κ2) is 5.68. The van der Waals surface area contributed by atoms with Gasteiger partial charge in [0, 0.05) is 17.5 Å². The molecule has 1 aromatic heterocycles. The van der Waals surface area contributed by atoms with Crippen LogP contribution in [0.15, 0.2) is 18.2 Å². The number of ether oxygens (including phenoxy) is 1. The summed E-state index contributed by atoms with van der Waals surface area (Å²) >= 11 is 1.33. The molecule has 9 heteroatoms. The first-order valence-electron chi connectivity index (χ1n) is 6.55. The summed E-state index contributed by atoms with van der Waals surface area (Å²) in [5, 5.41) is 22.8. The topological polar surface area (TPSA) is 107 Å². The minimum Gasteiger partial charge on any atom is -0.490 e. The summed E-state index contributed by atoms with van der Waals surface area (Å²) in [5.74, 6) is 0.1000. The van der Waals surface area contributed by atoms with Crippen LogP contribution in [0.2, 0.25) is 0 Å². The van der Waals surface area contributed by atoms with Crippen LogP contribution < -0.4 is 10.1 Å². The zero-order valence-electron chi connectivity index (χ0n) is 11.6. The van der Waals surface area contributed by atoms with Crippen molar-refractivity contribution in [2.24, 2.45) is 0 Å². The lowest BCUT2D eigenvalue weighted by Gasteiger charge is -2.04. The van der Waals surface area contributed by atoms with Gasteiger partial charge < -0.3 is 4.74 Å². The number of carbonyl (C=O) groups is 1. The van der Waals surface area contributed by atoms with Crippen molar-refractivity contribution < 1.29 is 14.5 Å². The Morgan fingerprint density at radius 1 is 1.45 bits per heavy atom. The lowest BCUT2D eigenvalue weighted by Crippen LogP contribution is -2.12. The van der Waals surface area contributed by atoms with Crippen LogP contribution in [-0.4, -0.2) is 28.1 Å². The molecule has 3 rings (SSSR count). The normalized spacial score (nSPS) is 13.7. The van der Waals surface area contributed by atoms with Crippen molar-refractivity contribution in [1.82, 2.24) is 10.2 Å². The molecule has 1 amide bonds. The molecule has 1 aliphatic carbocycles. The van der Waals surface area contributed by atoms with Crippen molar-refractivity contribution >= 4 is 28.1 Å². The third-order valence-electron chi connectivity index (χ3n) is 3.23. The van der Waals surface area contributed by atoms with E-state index in [4.69, 9.17) is 4.74 Å². The number of aromatic nitrogens is 2. The zero-order chi connectivity index (χ0) is 15.7. The molecule has 0 radical (unpaired) electrons. The summed E-state index contributed by atoms with van der Waals surface area (Å²) in [6.07, 6.45) is 2.21. The number of anilines is 1. The average molecular weight is 320 g/mol.